The highest BCUT2D eigenvalue weighted by atomic mass is 32.2. The number of benzene rings is 1. The number of aryl methyl sites for hydroxylation is 2. The molecule has 11 heteroatoms. The Bertz CT molecular complexity index is 1490. The van der Waals surface area contributed by atoms with Gasteiger partial charge in [-0.2, -0.15) is 0 Å². The molecule has 1 aliphatic rings. The lowest BCUT2D eigenvalue weighted by molar-refractivity contribution is 0.00578. The van der Waals surface area contributed by atoms with Crippen molar-refractivity contribution in [2.75, 3.05) is 6.61 Å². The number of hydrogen-bond donors (Lipinski definition) is 0. The third-order valence-electron chi connectivity index (χ3n) is 6.73. The molecule has 2 aromatic heterocycles. The van der Waals surface area contributed by atoms with Crippen LogP contribution < -0.4 is 11.0 Å². The maximum absolute atomic E-state index is 13.9. The van der Waals surface area contributed by atoms with Crippen LogP contribution in [-0.2, 0) is 31.1 Å². The fraction of sp³-hybridized carbons (Fsp3) is 0.417. The Hall–Kier alpha value is -2.89. The van der Waals surface area contributed by atoms with Crippen molar-refractivity contribution in [2.45, 2.75) is 57.6 Å². The molecule has 0 amide bonds. The molecule has 4 rings (SSSR count). The summed E-state index contributed by atoms with van der Waals surface area (Å²) in [5.41, 5.74) is -1.46. The molecular formula is C24H29BN2O7S. The van der Waals surface area contributed by atoms with Crippen molar-refractivity contribution in [3.63, 3.8) is 0 Å². The summed E-state index contributed by atoms with van der Waals surface area (Å²) >= 11 is 0. The second-order valence-electron chi connectivity index (χ2n) is 9.64. The summed E-state index contributed by atoms with van der Waals surface area (Å²) in [4.78, 5) is 26.3. The minimum atomic E-state index is -4.35. The van der Waals surface area contributed by atoms with Gasteiger partial charge in [0.05, 0.1) is 22.7 Å². The topological polar surface area (TPSA) is 106 Å². The summed E-state index contributed by atoms with van der Waals surface area (Å²) in [6, 6.07) is 7.75. The van der Waals surface area contributed by atoms with Crippen LogP contribution in [0.2, 0.25) is 0 Å². The fourth-order valence-corrected chi connectivity index (χ4v) is 5.84. The molecule has 3 aromatic rings. The Morgan fingerprint density at radius 2 is 1.71 bits per heavy atom. The van der Waals surface area contributed by atoms with Gasteiger partial charge in [-0.25, -0.2) is 17.2 Å². The monoisotopic (exact) mass is 500 g/mol. The average Bonchev–Trinajstić information content (AvgIpc) is 3.26. The quantitative estimate of drug-likeness (QED) is 0.391. The van der Waals surface area contributed by atoms with E-state index < -0.39 is 39.9 Å². The van der Waals surface area contributed by atoms with Crippen molar-refractivity contribution < 1.29 is 27.3 Å². The molecule has 3 heterocycles. The smallest absolute Gasteiger partial charge is 0.461 e. The van der Waals surface area contributed by atoms with Gasteiger partial charge in [-0.1, -0.05) is 18.2 Å². The largest absolute Gasteiger partial charge is 0.497 e. The van der Waals surface area contributed by atoms with E-state index in [2.05, 4.69) is 0 Å². The first-order valence-electron chi connectivity index (χ1n) is 11.3. The Morgan fingerprint density at radius 3 is 2.29 bits per heavy atom. The molecule has 9 nitrogen and oxygen atoms in total. The molecule has 0 aliphatic carbocycles. The van der Waals surface area contributed by atoms with Gasteiger partial charge in [-0.05, 0) is 59.2 Å². The second-order valence-corrected chi connectivity index (χ2v) is 11.4. The second kappa shape index (κ2) is 8.36. The maximum Gasteiger partial charge on any atom is 0.497 e. The Kier molecular flexibility index (Phi) is 6.02. The van der Waals surface area contributed by atoms with Gasteiger partial charge in [-0.15, -0.1) is 0 Å². The summed E-state index contributed by atoms with van der Waals surface area (Å²) in [5.74, 6) is -0.859. The molecular weight excluding hydrogens is 471 g/mol. The summed E-state index contributed by atoms with van der Waals surface area (Å²) in [5, 5.41) is 0.242. The van der Waals surface area contributed by atoms with Crippen LogP contribution >= 0.6 is 0 Å². The highest BCUT2D eigenvalue weighted by Crippen LogP contribution is 2.37. The lowest BCUT2D eigenvalue weighted by Gasteiger charge is -2.32. The van der Waals surface area contributed by atoms with Gasteiger partial charge in [0, 0.05) is 24.1 Å². The minimum absolute atomic E-state index is 0.0221. The molecule has 0 bridgehead atoms. The van der Waals surface area contributed by atoms with Gasteiger partial charge in [0.1, 0.15) is 11.2 Å². The van der Waals surface area contributed by atoms with Crippen LogP contribution in [0.25, 0.3) is 10.9 Å². The van der Waals surface area contributed by atoms with Gasteiger partial charge in [0.15, 0.2) is 0 Å². The van der Waals surface area contributed by atoms with Crippen LogP contribution in [0.15, 0.2) is 46.2 Å². The van der Waals surface area contributed by atoms with Crippen LogP contribution in [0.5, 0.6) is 0 Å². The number of rotatable bonds is 5. The minimum Gasteiger partial charge on any atom is -0.461 e. The summed E-state index contributed by atoms with van der Waals surface area (Å²) < 4.78 is 47.4. The van der Waals surface area contributed by atoms with Gasteiger partial charge < -0.3 is 18.6 Å². The molecule has 35 heavy (non-hydrogen) atoms. The van der Waals surface area contributed by atoms with Crippen LogP contribution in [0.4, 0.5) is 0 Å². The van der Waals surface area contributed by atoms with E-state index in [0.717, 1.165) is 3.97 Å². The normalized spacial score (nSPS) is 17.2. The number of aromatic nitrogens is 2. The molecule has 1 fully saturated rings. The van der Waals surface area contributed by atoms with Gasteiger partial charge in [0.25, 0.3) is 15.6 Å². The number of nitrogens with zero attached hydrogens (tertiary/aromatic N) is 2. The fourth-order valence-electron chi connectivity index (χ4n) is 4.12. The summed E-state index contributed by atoms with van der Waals surface area (Å²) in [6.07, 6.45) is 1.55. The number of carbonyl (C=O) groups excluding carboxylic acids is 1. The lowest BCUT2D eigenvalue weighted by atomic mass is 9.78. The Morgan fingerprint density at radius 1 is 1.11 bits per heavy atom. The van der Waals surface area contributed by atoms with Crippen molar-refractivity contribution in [3.05, 3.63) is 58.1 Å². The Labute approximate surface area is 204 Å². The van der Waals surface area contributed by atoms with Crippen molar-refractivity contribution in [2.24, 2.45) is 7.05 Å². The number of carbonyl (C=O) groups is 1. The van der Waals surface area contributed by atoms with E-state index in [1.807, 2.05) is 27.7 Å². The summed E-state index contributed by atoms with van der Waals surface area (Å²) in [6.45, 7) is 10.9. The average molecular weight is 500 g/mol. The van der Waals surface area contributed by atoms with E-state index in [9.17, 15) is 18.0 Å². The van der Waals surface area contributed by atoms with Gasteiger partial charge in [0.2, 0.25) is 0 Å². The van der Waals surface area contributed by atoms with Gasteiger partial charge in [-0.3, -0.25) is 4.79 Å². The predicted molar refractivity (Wildman–Crippen MR) is 133 cm³/mol. The number of fused-ring (bicyclic) bond motifs is 1. The SMILES string of the molecule is CCOC(=O)c1cc2c(B3OC(C)(C)C(C)(C)O3)cn(C)c(=O)c2n1S(=O)(=O)c1ccccc1C. The first-order chi connectivity index (χ1) is 16.2. The first-order valence-corrected chi connectivity index (χ1v) is 12.8. The molecule has 186 valence electrons. The van der Waals surface area contributed by atoms with Crippen molar-refractivity contribution in [1.29, 1.82) is 0 Å². The number of pyridine rings is 1. The third kappa shape index (κ3) is 3.91. The predicted octanol–water partition coefficient (Wildman–Crippen LogP) is 2.36. The van der Waals surface area contributed by atoms with E-state index >= 15 is 0 Å². The van der Waals surface area contributed by atoms with Crippen molar-refractivity contribution in [1.82, 2.24) is 8.54 Å². The molecule has 0 radical (unpaired) electrons. The summed E-state index contributed by atoms with van der Waals surface area (Å²) in [7, 11) is -3.73. The molecule has 1 saturated heterocycles. The number of esters is 1. The van der Waals surface area contributed by atoms with Crippen molar-refractivity contribution in [3.8, 4) is 0 Å². The van der Waals surface area contributed by atoms with E-state index in [0.29, 0.717) is 11.0 Å². The molecule has 0 spiro atoms. The number of hydrogen-bond acceptors (Lipinski definition) is 7. The van der Waals surface area contributed by atoms with E-state index in [1.165, 1.54) is 23.7 Å². The Balaban J connectivity index is 2.09. The first kappa shape index (κ1) is 25.2. The molecule has 0 saturated carbocycles. The highest BCUT2D eigenvalue weighted by Gasteiger charge is 2.52. The van der Waals surface area contributed by atoms with E-state index in [1.54, 1.807) is 38.2 Å². The number of ether oxygens (including phenoxy) is 1. The molecule has 1 aliphatic heterocycles. The van der Waals surface area contributed by atoms with E-state index in [4.69, 9.17) is 14.0 Å². The van der Waals surface area contributed by atoms with Crippen LogP contribution in [0.1, 0.15) is 50.7 Å². The third-order valence-corrected chi connectivity index (χ3v) is 8.60. The van der Waals surface area contributed by atoms with Gasteiger partial charge >= 0.3 is 13.1 Å². The zero-order valence-electron chi connectivity index (χ0n) is 20.9. The maximum atomic E-state index is 13.9. The lowest BCUT2D eigenvalue weighted by Crippen LogP contribution is -2.41. The zero-order chi connectivity index (χ0) is 25.9. The molecule has 1 aromatic carbocycles. The molecule has 0 N–H and O–H groups in total. The highest BCUT2D eigenvalue weighted by molar-refractivity contribution is 7.90. The molecule has 0 atom stereocenters. The van der Waals surface area contributed by atoms with Crippen molar-refractivity contribution >= 4 is 39.5 Å². The standard InChI is InChI=1S/C24H29BN2O7S/c1-8-32-22(29)18-13-16-17(25-33-23(3,4)24(5,6)34-25)14-26(7)21(28)20(16)27(18)35(30,31)19-12-10-9-11-15(19)2/h9-14H,8H2,1-7H3. The molecule has 0 unspecified atom stereocenters. The van der Waals surface area contributed by atoms with Crippen LogP contribution in [0, 0.1) is 6.92 Å². The van der Waals surface area contributed by atoms with Crippen LogP contribution in [-0.4, -0.2) is 47.9 Å². The van der Waals surface area contributed by atoms with E-state index in [-0.39, 0.29) is 28.1 Å². The zero-order valence-corrected chi connectivity index (χ0v) is 21.7. The van der Waals surface area contributed by atoms with Crippen LogP contribution in [0.3, 0.4) is 0 Å².